The molecule has 18 heavy (non-hydrogen) atoms. The largest absolute Gasteiger partial charge is 0.327 e. The molecular weight excluding hydrogens is 304 g/mol. The molecule has 0 spiro atoms. The highest BCUT2D eigenvalue weighted by atomic mass is 79.9. The minimum Gasteiger partial charge on any atom is -0.294 e. The van der Waals surface area contributed by atoms with Gasteiger partial charge in [-0.05, 0) is 28.9 Å². The van der Waals surface area contributed by atoms with Gasteiger partial charge in [0, 0.05) is 0 Å². The fourth-order valence-electron chi connectivity index (χ4n) is 1.25. The van der Waals surface area contributed by atoms with Gasteiger partial charge in [0.1, 0.15) is 0 Å². The van der Waals surface area contributed by atoms with Crippen LogP contribution in [-0.2, 0) is 4.79 Å². The molecule has 2 heterocycles. The van der Waals surface area contributed by atoms with Crippen LogP contribution in [0.3, 0.4) is 0 Å². The van der Waals surface area contributed by atoms with Crippen molar-refractivity contribution < 1.29 is 4.79 Å². The molecule has 8 heteroatoms. The van der Waals surface area contributed by atoms with Crippen LogP contribution in [0.15, 0.2) is 20.3 Å². The molecule has 0 atom stereocenters. The number of ketones is 1. The van der Waals surface area contributed by atoms with Gasteiger partial charge >= 0.3 is 5.69 Å². The van der Waals surface area contributed by atoms with Crippen molar-refractivity contribution in [3.63, 3.8) is 0 Å². The lowest BCUT2D eigenvalue weighted by molar-refractivity contribution is -0.112. The summed E-state index contributed by atoms with van der Waals surface area (Å²) in [5.41, 5.74) is -0.834. The Morgan fingerprint density at radius 1 is 1.39 bits per heavy atom. The Kier molecular flexibility index (Phi) is 3.19. The van der Waals surface area contributed by atoms with Crippen LogP contribution in [0.2, 0.25) is 0 Å². The highest BCUT2D eigenvalue weighted by Crippen LogP contribution is 2.11. The van der Waals surface area contributed by atoms with E-state index in [1.807, 2.05) is 4.98 Å². The first-order valence-corrected chi connectivity index (χ1v) is 5.64. The number of hydrogen-bond donors (Lipinski definition) is 2. The molecule has 92 valence electrons. The molecule has 0 aromatic carbocycles. The number of allylic oxidation sites excluding steroid dienone is 1. The Hall–Kier alpha value is -2.09. The van der Waals surface area contributed by atoms with Crippen LogP contribution >= 0.6 is 15.9 Å². The minimum atomic E-state index is -0.644. The highest BCUT2D eigenvalue weighted by Gasteiger charge is 2.05. The molecule has 2 aromatic heterocycles. The van der Waals surface area contributed by atoms with Gasteiger partial charge in [-0.1, -0.05) is 0 Å². The van der Waals surface area contributed by atoms with Gasteiger partial charge < -0.3 is 0 Å². The molecule has 0 radical (unpaired) electrons. The molecule has 0 saturated heterocycles. The molecule has 0 saturated carbocycles. The number of aromatic amines is 2. The van der Waals surface area contributed by atoms with Crippen molar-refractivity contribution in [3.05, 3.63) is 37.2 Å². The van der Waals surface area contributed by atoms with Gasteiger partial charge in [-0.25, -0.2) is 14.8 Å². The Morgan fingerprint density at radius 2 is 2.11 bits per heavy atom. The molecule has 2 rings (SSSR count). The lowest BCUT2D eigenvalue weighted by Crippen LogP contribution is -2.23. The first-order valence-electron chi connectivity index (χ1n) is 4.85. The highest BCUT2D eigenvalue weighted by molar-refractivity contribution is 9.12. The topological polar surface area (TPSA) is 109 Å². The molecule has 0 unspecified atom stereocenters. The number of rotatable bonds is 2. The quantitative estimate of drug-likeness (QED) is 0.777. The van der Waals surface area contributed by atoms with E-state index in [0.29, 0.717) is 10.2 Å². The van der Waals surface area contributed by atoms with Crippen LogP contribution in [-0.4, -0.2) is 25.7 Å². The monoisotopic (exact) mass is 310 g/mol. The average molecular weight is 311 g/mol. The Balaban J connectivity index is 2.65. The number of hydrogen-bond acceptors (Lipinski definition) is 5. The molecule has 0 fully saturated rings. The second kappa shape index (κ2) is 4.65. The van der Waals surface area contributed by atoms with Gasteiger partial charge in [-0.15, -0.1) is 0 Å². The van der Waals surface area contributed by atoms with E-state index in [9.17, 15) is 14.4 Å². The van der Waals surface area contributed by atoms with Crippen molar-refractivity contribution in [3.8, 4) is 0 Å². The van der Waals surface area contributed by atoms with E-state index in [4.69, 9.17) is 0 Å². The number of aromatic nitrogens is 4. The number of H-pyrrole nitrogens is 2. The number of carbonyl (C=O) groups excluding carboxylic acids is 1. The first kappa shape index (κ1) is 12.4. The van der Waals surface area contributed by atoms with Gasteiger partial charge in [0.2, 0.25) is 0 Å². The predicted octanol–water partition coefficient (Wildman–Crippen LogP) is 0.331. The van der Waals surface area contributed by atoms with Crippen LogP contribution in [0.4, 0.5) is 0 Å². The summed E-state index contributed by atoms with van der Waals surface area (Å²) >= 11 is 3.07. The second-order valence-corrected chi connectivity index (χ2v) is 4.30. The van der Waals surface area contributed by atoms with Crippen LogP contribution in [0, 0.1) is 0 Å². The van der Waals surface area contributed by atoms with Crippen molar-refractivity contribution in [1.29, 1.82) is 0 Å². The third kappa shape index (κ3) is 2.43. The molecule has 7 nitrogen and oxygen atoms in total. The van der Waals surface area contributed by atoms with Gasteiger partial charge in [-0.3, -0.25) is 19.6 Å². The summed E-state index contributed by atoms with van der Waals surface area (Å²) in [5, 5.41) is 0. The summed E-state index contributed by atoms with van der Waals surface area (Å²) in [4.78, 5) is 45.9. The standard InChI is InChI=1S/C10H7BrN4O3/c1-4(16)6(11)2-5-3-12-8-7(13-5)9(17)15-10(18)14-8/h2-3H,1H3,(H2,12,14,15,17,18)/b6-2-. The van der Waals surface area contributed by atoms with Crippen LogP contribution in [0.5, 0.6) is 0 Å². The fourth-order valence-corrected chi connectivity index (χ4v) is 1.49. The normalized spacial score (nSPS) is 11.8. The maximum absolute atomic E-state index is 11.5. The first-order chi connectivity index (χ1) is 8.47. The van der Waals surface area contributed by atoms with Crippen LogP contribution < -0.4 is 11.2 Å². The molecule has 0 aliphatic rings. The number of nitrogens with zero attached hydrogens (tertiary/aromatic N) is 2. The molecule has 0 bridgehead atoms. The molecule has 0 aliphatic carbocycles. The number of carbonyl (C=O) groups is 1. The summed E-state index contributed by atoms with van der Waals surface area (Å²) in [6.45, 7) is 1.39. The lowest BCUT2D eigenvalue weighted by Gasteiger charge is -1.97. The van der Waals surface area contributed by atoms with Crippen molar-refractivity contribution >= 4 is 39.0 Å². The number of fused-ring (bicyclic) bond motifs is 1. The van der Waals surface area contributed by atoms with Crippen molar-refractivity contribution in [1.82, 2.24) is 19.9 Å². The van der Waals surface area contributed by atoms with Crippen LogP contribution in [0.25, 0.3) is 17.2 Å². The lowest BCUT2D eigenvalue weighted by atomic mass is 10.3. The minimum absolute atomic E-state index is 0.00667. The number of Topliss-reactive ketones (excluding diaryl/α,β-unsaturated/α-hetero) is 1. The van der Waals surface area contributed by atoms with E-state index < -0.39 is 11.2 Å². The number of nitrogens with one attached hydrogen (secondary N) is 2. The zero-order chi connectivity index (χ0) is 13.3. The molecule has 0 amide bonds. The average Bonchev–Trinajstić information content (AvgIpc) is 2.29. The summed E-state index contributed by atoms with van der Waals surface area (Å²) in [5.74, 6) is -0.174. The van der Waals surface area contributed by atoms with Gasteiger partial charge in [0.15, 0.2) is 16.9 Å². The zero-order valence-electron chi connectivity index (χ0n) is 9.15. The van der Waals surface area contributed by atoms with Gasteiger partial charge in [-0.2, -0.15) is 0 Å². The second-order valence-electron chi connectivity index (χ2n) is 3.45. The Morgan fingerprint density at radius 3 is 2.78 bits per heavy atom. The smallest absolute Gasteiger partial charge is 0.294 e. The van der Waals surface area contributed by atoms with E-state index in [0.717, 1.165) is 0 Å². The van der Waals surface area contributed by atoms with Crippen molar-refractivity contribution in [2.75, 3.05) is 0 Å². The molecule has 2 N–H and O–H groups in total. The molecule has 0 aliphatic heterocycles. The maximum Gasteiger partial charge on any atom is 0.327 e. The summed E-state index contributed by atoms with van der Waals surface area (Å²) in [7, 11) is 0. The zero-order valence-corrected chi connectivity index (χ0v) is 10.7. The van der Waals surface area contributed by atoms with E-state index in [1.54, 1.807) is 0 Å². The SMILES string of the molecule is CC(=O)/C(Br)=C/c1cnc2[nH]c(=O)[nH]c(=O)c2n1. The van der Waals surface area contributed by atoms with Crippen LogP contribution in [0.1, 0.15) is 12.6 Å². The van der Waals surface area contributed by atoms with Gasteiger partial charge in [0.05, 0.1) is 16.4 Å². The fraction of sp³-hybridized carbons (Fsp3) is 0.100. The van der Waals surface area contributed by atoms with E-state index >= 15 is 0 Å². The predicted molar refractivity (Wildman–Crippen MR) is 68.4 cm³/mol. The van der Waals surface area contributed by atoms with E-state index in [-0.39, 0.29) is 16.9 Å². The molecule has 2 aromatic rings. The summed E-state index contributed by atoms with van der Waals surface area (Å²) in [6, 6.07) is 0. The van der Waals surface area contributed by atoms with Crippen molar-refractivity contribution in [2.24, 2.45) is 0 Å². The number of halogens is 1. The molecular formula is C10H7BrN4O3. The van der Waals surface area contributed by atoms with Gasteiger partial charge in [0.25, 0.3) is 5.56 Å². The Bertz CT molecular complexity index is 775. The third-order valence-electron chi connectivity index (χ3n) is 2.08. The summed E-state index contributed by atoms with van der Waals surface area (Å²) < 4.78 is 0.317. The summed E-state index contributed by atoms with van der Waals surface area (Å²) in [6.07, 6.45) is 2.79. The van der Waals surface area contributed by atoms with E-state index in [1.165, 1.54) is 19.2 Å². The van der Waals surface area contributed by atoms with E-state index in [2.05, 4.69) is 30.9 Å². The maximum atomic E-state index is 11.5. The third-order valence-corrected chi connectivity index (χ3v) is 2.86. The van der Waals surface area contributed by atoms with Crippen molar-refractivity contribution in [2.45, 2.75) is 6.92 Å². The Labute approximate surface area is 108 Å².